The third-order valence-corrected chi connectivity index (χ3v) is 5.58. The quantitative estimate of drug-likeness (QED) is 0.556. The first-order chi connectivity index (χ1) is 13.3. The van der Waals surface area contributed by atoms with Crippen LogP contribution in [0.25, 0.3) is 0 Å². The van der Waals surface area contributed by atoms with Crippen molar-refractivity contribution in [3.05, 3.63) is 63.1 Å². The molecule has 0 fully saturated rings. The average Bonchev–Trinajstić information content (AvgIpc) is 3.07. The van der Waals surface area contributed by atoms with Crippen LogP contribution in [0.5, 0.6) is 0 Å². The fourth-order valence-corrected chi connectivity index (χ4v) is 4.00. The van der Waals surface area contributed by atoms with Gasteiger partial charge in [-0.3, -0.25) is 9.80 Å². The van der Waals surface area contributed by atoms with Gasteiger partial charge in [-0.15, -0.1) is 0 Å². The van der Waals surface area contributed by atoms with Crippen molar-refractivity contribution in [3.63, 3.8) is 0 Å². The van der Waals surface area contributed by atoms with Crippen molar-refractivity contribution in [2.24, 2.45) is 5.10 Å². The van der Waals surface area contributed by atoms with Crippen molar-refractivity contribution in [1.29, 1.82) is 0 Å². The van der Waals surface area contributed by atoms with E-state index in [9.17, 15) is 4.79 Å². The highest BCUT2D eigenvalue weighted by molar-refractivity contribution is 6.40. The Balaban J connectivity index is 2.02. The summed E-state index contributed by atoms with van der Waals surface area (Å²) in [5.41, 5.74) is 2.23. The third kappa shape index (κ3) is 4.29. The fraction of sp³-hybridized carbons (Fsp3) is 0.333. The van der Waals surface area contributed by atoms with Crippen LogP contribution in [0.1, 0.15) is 38.8 Å². The number of rotatable bonds is 5. The Labute approximate surface area is 180 Å². The summed E-state index contributed by atoms with van der Waals surface area (Å²) < 4.78 is 0. The second kappa shape index (κ2) is 8.73. The number of anilines is 1. The molecule has 0 bridgehead atoms. The molecule has 0 aliphatic carbocycles. The Morgan fingerprint density at radius 3 is 2.36 bits per heavy atom. The van der Waals surface area contributed by atoms with E-state index in [-0.39, 0.29) is 18.0 Å². The SMILES string of the molecule is CCN(C(=O)C1=NN(c2ccc(Cl)cc2Cl)C(c2ccc(Cl)cc2)C1)C(C)C. The maximum absolute atomic E-state index is 13.1. The molecule has 1 amide bonds. The Morgan fingerprint density at radius 1 is 1.14 bits per heavy atom. The first-order valence-electron chi connectivity index (χ1n) is 9.20. The summed E-state index contributed by atoms with van der Waals surface area (Å²) in [4.78, 5) is 14.9. The minimum Gasteiger partial charge on any atom is -0.335 e. The van der Waals surface area contributed by atoms with E-state index in [0.717, 1.165) is 5.56 Å². The van der Waals surface area contributed by atoms with E-state index in [4.69, 9.17) is 34.8 Å². The predicted octanol–water partition coefficient (Wildman–Crippen LogP) is 6.21. The molecule has 1 atom stereocenters. The zero-order valence-electron chi connectivity index (χ0n) is 16.0. The van der Waals surface area contributed by atoms with Crippen LogP contribution in [0.15, 0.2) is 47.6 Å². The number of nitrogens with zero attached hydrogens (tertiary/aromatic N) is 3. The lowest BCUT2D eigenvalue weighted by Crippen LogP contribution is -2.40. The molecule has 1 aliphatic heterocycles. The lowest BCUT2D eigenvalue weighted by atomic mass is 10.0. The molecule has 0 radical (unpaired) electrons. The molecule has 0 saturated heterocycles. The van der Waals surface area contributed by atoms with Crippen molar-refractivity contribution in [2.45, 2.75) is 39.3 Å². The third-order valence-electron chi connectivity index (χ3n) is 4.79. The first-order valence-corrected chi connectivity index (χ1v) is 10.3. The van der Waals surface area contributed by atoms with Crippen molar-refractivity contribution in [2.75, 3.05) is 11.6 Å². The number of hydrogen-bond donors (Lipinski definition) is 0. The highest BCUT2D eigenvalue weighted by Crippen LogP contribution is 2.40. The van der Waals surface area contributed by atoms with Gasteiger partial charge in [0.15, 0.2) is 0 Å². The van der Waals surface area contributed by atoms with Gasteiger partial charge < -0.3 is 4.90 Å². The van der Waals surface area contributed by atoms with Gasteiger partial charge in [-0.25, -0.2) is 0 Å². The molecule has 28 heavy (non-hydrogen) atoms. The summed E-state index contributed by atoms with van der Waals surface area (Å²) in [6.07, 6.45) is 0.489. The van der Waals surface area contributed by atoms with Crippen molar-refractivity contribution >= 4 is 52.1 Å². The normalized spacial score (nSPS) is 16.5. The lowest BCUT2D eigenvalue weighted by molar-refractivity contribution is -0.125. The Morgan fingerprint density at radius 2 is 1.79 bits per heavy atom. The minimum absolute atomic E-state index is 0.0518. The number of hydrogen-bond acceptors (Lipinski definition) is 3. The van der Waals surface area contributed by atoms with Crippen molar-refractivity contribution in [3.8, 4) is 0 Å². The van der Waals surface area contributed by atoms with Crippen LogP contribution in [0.2, 0.25) is 15.1 Å². The van der Waals surface area contributed by atoms with Crippen LogP contribution >= 0.6 is 34.8 Å². The smallest absolute Gasteiger partial charge is 0.270 e. The van der Waals surface area contributed by atoms with Crippen molar-refractivity contribution < 1.29 is 4.79 Å². The van der Waals surface area contributed by atoms with Crippen LogP contribution < -0.4 is 5.01 Å². The molecule has 2 aromatic rings. The van der Waals surface area contributed by atoms with E-state index >= 15 is 0 Å². The number of amides is 1. The molecule has 3 rings (SSSR count). The molecule has 148 valence electrons. The minimum atomic E-state index is -0.152. The van der Waals surface area contributed by atoms with Gasteiger partial charge in [0.2, 0.25) is 0 Å². The van der Waals surface area contributed by atoms with E-state index in [1.807, 2.05) is 61.0 Å². The summed E-state index contributed by atoms with van der Waals surface area (Å²) >= 11 is 18.5. The van der Waals surface area contributed by atoms with Gasteiger partial charge in [-0.2, -0.15) is 5.10 Å². The Kier molecular flexibility index (Phi) is 6.54. The van der Waals surface area contributed by atoms with Gasteiger partial charge in [0.25, 0.3) is 5.91 Å². The van der Waals surface area contributed by atoms with E-state index in [1.165, 1.54) is 0 Å². The number of halogens is 3. The standard InChI is InChI=1S/C21H22Cl3N3O/c1-4-26(13(2)3)21(28)18-12-20(14-5-7-15(22)8-6-14)27(25-18)19-10-9-16(23)11-17(19)24/h5-11,13,20H,4,12H2,1-3H3. The van der Waals surface area contributed by atoms with Crippen LogP contribution in [0.3, 0.4) is 0 Å². The second-order valence-corrected chi connectivity index (χ2v) is 8.22. The highest BCUT2D eigenvalue weighted by Gasteiger charge is 2.35. The molecular weight excluding hydrogens is 417 g/mol. The largest absolute Gasteiger partial charge is 0.335 e. The molecule has 1 unspecified atom stereocenters. The van der Waals surface area contributed by atoms with Gasteiger partial charge in [0.05, 0.1) is 16.8 Å². The molecular formula is C21H22Cl3N3O. The summed E-state index contributed by atoms with van der Waals surface area (Å²) in [6, 6.07) is 12.8. The number of carbonyl (C=O) groups excluding carboxylic acids is 1. The molecule has 7 heteroatoms. The van der Waals surface area contributed by atoms with E-state index in [0.29, 0.717) is 39.4 Å². The molecule has 0 spiro atoms. The van der Waals surface area contributed by atoms with Gasteiger partial charge in [-0.05, 0) is 56.7 Å². The maximum Gasteiger partial charge on any atom is 0.270 e. The zero-order valence-corrected chi connectivity index (χ0v) is 18.3. The highest BCUT2D eigenvalue weighted by atomic mass is 35.5. The van der Waals surface area contributed by atoms with E-state index in [2.05, 4.69) is 5.10 Å². The topological polar surface area (TPSA) is 35.9 Å². The molecule has 1 heterocycles. The van der Waals surface area contributed by atoms with Crippen LogP contribution in [-0.2, 0) is 4.79 Å². The molecule has 0 aromatic heterocycles. The van der Waals surface area contributed by atoms with Gasteiger partial charge >= 0.3 is 0 Å². The number of benzene rings is 2. The summed E-state index contributed by atoms with van der Waals surface area (Å²) in [7, 11) is 0. The maximum atomic E-state index is 13.1. The van der Waals surface area contributed by atoms with Crippen LogP contribution in [0, 0.1) is 0 Å². The zero-order chi connectivity index (χ0) is 20.4. The van der Waals surface area contributed by atoms with Crippen LogP contribution in [-0.4, -0.2) is 29.1 Å². The molecule has 1 aliphatic rings. The van der Waals surface area contributed by atoms with Gasteiger partial charge in [-0.1, -0.05) is 46.9 Å². The van der Waals surface area contributed by atoms with Gasteiger partial charge in [0.1, 0.15) is 5.71 Å². The lowest BCUT2D eigenvalue weighted by Gasteiger charge is -2.25. The predicted molar refractivity (Wildman–Crippen MR) is 118 cm³/mol. The molecule has 2 aromatic carbocycles. The Hall–Kier alpha value is -1.75. The monoisotopic (exact) mass is 437 g/mol. The average molecular weight is 439 g/mol. The second-order valence-electron chi connectivity index (χ2n) is 6.94. The molecule has 0 saturated carbocycles. The Bertz CT molecular complexity index is 896. The first kappa shape index (κ1) is 21.0. The summed E-state index contributed by atoms with van der Waals surface area (Å²) in [5.74, 6) is -0.0518. The van der Waals surface area contributed by atoms with Crippen molar-refractivity contribution in [1.82, 2.24) is 4.90 Å². The summed E-state index contributed by atoms with van der Waals surface area (Å²) in [5, 5.41) is 8.18. The molecule has 0 N–H and O–H groups in total. The fourth-order valence-electron chi connectivity index (χ4n) is 3.38. The van der Waals surface area contributed by atoms with Gasteiger partial charge in [0, 0.05) is 29.1 Å². The van der Waals surface area contributed by atoms with E-state index in [1.54, 1.807) is 12.1 Å². The van der Waals surface area contributed by atoms with Crippen LogP contribution in [0.4, 0.5) is 5.69 Å². The summed E-state index contributed by atoms with van der Waals surface area (Å²) in [6.45, 7) is 6.60. The van der Waals surface area contributed by atoms with E-state index < -0.39 is 0 Å². The number of hydrazone groups is 1. The number of carbonyl (C=O) groups is 1. The molecule has 4 nitrogen and oxygen atoms in total.